The molecule has 0 radical (unpaired) electrons. The minimum absolute atomic E-state index is 0.328. The summed E-state index contributed by atoms with van der Waals surface area (Å²) < 4.78 is 36.7. The largest absolute Gasteiger partial charge is 0.416 e. The second-order valence-electron chi connectivity index (χ2n) is 3.40. The van der Waals surface area contributed by atoms with Crippen molar-refractivity contribution in [1.82, 2.24) is 0 Å². The topological polar surface area (TPSA) is 0 Å². The van der Waals surface area contributed by atoms with Crippen molar-refractivity contribution in [3.63, 3.8) is 0 Å². The highest BCUT2D eigenvalue weighted by Gasteiger charge is 2.29. The first-order valence-corrected chi connectivity index (χ1v) is 5.65. The Morgan fingerprint density at radius 3 is 2.13 bits per heavy atom. The summed E-state index contributed by atoms with van der Waals surface area (Å²) in [6, 6.07) is 5.33. The Bertz CT molecular complexity index is 303. The molecule has 1 atom stereocenters. The molecule has 1 aromatic rings. The molecule has 0 N–H and O–H groups in total. The Kier molecular flexibility index (Phi) is 4.20. The van der Waals surface area contributed by atoms with Crippen LogP contribution < -0.4 is 0 Å². The van der Waals surface area contributed by atoms with Crippen molar-refractivity contribution in [3.05, 3.63) is 35.4 Å². The van der Waals surface area contributed by atoms with E-state index in [1.54, 1.807) is 0 Å². The summed E-state index contributed by atoms with van der Waals surface area (Å²) >= 11 is 3.45. The maximum atomic E-state index is 12.2. The average molecular weight is 281 g/mol. The lowest BCUT2D eigenvalue weighted by Crippen LogP contribution is -2.05. The molecule has 0 saturated carbocycles. The molecule has 0 aromatic heterocycles. The first-order chi connectivity index (χ1) is 6.93. The second kappa shape index (κ2) is 5.01. The van der Waals surface area contributed by atoms with E-state index < -0.39 is 11.7 Å². The van der Waals surface area contributed by atoms with Crippen LogP contribution in [-0.4, -0.2) is 4.83 Å². The number of hydrogen-bond acceptors (Lipinski definition) is 0. The monoisotopic (exact) mass is 280 g/mol. The summed E-state index contributed by atoms with van der Waals surface area (Å²) in [6.45, 7) is 2.03. The van der Waals surface area contributed by atoms with Crippen LogP contribution in [0.15, 0.2) is 24.3 Å². The zero-order valence-electron chi connectivity index (χ0n) is 8.31. The minimum Gasteiger partial charge on any atom is -0.166 e. The maximum absolute atomic E-state index is 12.2. The number of halogens is 4. The standard InChI is InChI=1S/C11H12BrF3/c1-2-10(12)7-8-3-5-9(6-4-8)11(13,14)15/h3-6,10H,2,7H2,1H3. The third-order valence-electron chi connectivity index (χ3n) is 2.18. The van der Waals surface area contributed by atoms with Crippen molar-refractivity contribution in [3.8, 4) is 0 Å². The predicted molar refractivity (Wildman–Crippen MR) is 58.2 cm³/mol. The predicted octanol–water partition coefficient (Wildman–Crippen LogP) is 4.42. The second-order valence-corrected chi connectivity index (χ2v) is 4.70. The fourth-order valence-corrected chi connectivity index (χ4v) is 1.60. The molecule has 84 valence electrons. The van der Waals surface area contributed by atoms with Gasteiger partial charge in [-0.1, -0.05) is 35.0 Å². The SMILES string of the molecule is CCC(Br)Cc1ccc(C(F)(F)F)cc1. The molecule has 0 aliphatic carbocycles. The molecule has 0 nitrogen and oxygen atoms in total. The summed E-state index contributed by atoms with van der Waals surface area (Å²) in [6.07, 6.45) is -2.52. The molecule has 1 aromatic carbocycles. The summed E-state index contributed by atoms with van der Waals surface area (Å²) in [5, 5.41) is 0. The molecular formula is C11H12BrF3. The lowest BCUT2D eigenvalue weighted by atomic mass is 10.1. The lowest BCUT2D eigenvalue weighted by Gasteiger charge is -2.09. The van der Waals surface area contributed by atoms with Crippen molar-refractivity contribution >= 4 is 15.9 Å². The van der Waals surface area contributed by atoms with E-state index in [-0.39, 0.29) is 0 Å². The van der Waals surface area contributed by atoms with E-state index in [1.807, 2.05) is 6.92 Å². The summed E-state index contributed by atoms with van der Waals surface area (Å²) in [5.41, 5.74) is 0.334. The van der Waals surface area contributed by atoms with E-state index in [1.165, 1.54) is 12.1 Å². The van der Waals surface area contributed by atoms with E-state index in [4.69, 9.17) is 0 Å². The molecule has 0 saturated heterocycles. The quantitative estimate of drug-likeness (QED) is 0.719. The van der Waals surface area contributed by atoms with Crippen molar-refractivity contribution in [2.75, 3.05) is 0 Å². The highest BCUT2D eigenvalue weighted by Crippen LogP contribution is 2.29. The van der Waals surface area contributed by atoms with Crippen LogP contribution in [0.5, 0.6) is 0 Å². The van der Waals surface area contributed by atoms with E-state index >= 15 is 0 Å². The fourth-order valence-electron chi connectivity index (χ4n) is 1.23. The molecule has 4 heteroatoms. The van der Waals surface area contributed by atoms with Gasteiger partial charge in [-0.25, -0.2) is 0 Å². The van der Waals surface area contributed by atoms with Crippen LogP contribution in [0.1, 0.15) is 24.5 Å². The Morgan fingerprint density at radius 1 is 1.20 bits per heavy atom. The summed E-state index contributed by atoms with van der Waals surface area (Å²) in [7, 11) is 0. The molecule has 1 unspecified atom stereocenters. The smallest absolute Gasteiger partial charge is 0.166 e. The average Bonchev–Trinajstić information content (AvgIpc) is 2.17. The zero-order chi connectivity index (χ0) is 11.5. The molecule has 0 fully saturated rings. The van der Waals surface area contributed by atoms with Gasteiger partial charge >= 0.3 is 6.18 Å². The summed E-state index contributed by atoms with van der Waals surface area (Å²) in [4.78, 5) is 0.328. The van der Waals surface area contributed by atoms with E-state index in [0.717, 1.165) is 30.5 Å². The van der Waals surface area contributed by atoms with Crippen LogP contribution in [0.3, 0.4) is 0 Å². The minimum atomic E-state index is -4.24. The van der Waals surface area contributed by atoms with Crippen molar-refractivity contribution in [2.45, 2.75) is 30.8 Å². The van der Waals surface area contributed by atoms with Gasteiger partial charge in [-0.2, -0.15) is 13.2 Å². The third-order valence-corrected chi connectivity index (χ3v) is 3.15. The number of rotatable bonds is 3. The number of hydrogen-bond donors (Lipinski definition) is 0. The van der Waals surface area contributed by atoms with Gasteiger partial charge in [0.2, 0.25) is 0 Å². The van der Waals surface area contributed by atoms with Gasteiger partial charge in [-0.3, -0.25) is 0 Å². The first-order valence-electron chi connectivity index (χ1n) is 4.73. The molecule has 0 amide bonds. The van der Waals surface area contributed by atoms with Crippen molar-refractivity contribution in [2.24, 2.45) is 0 Å². The summed E-state index contributed by atoms with van der Waals surface area (Å²) in [5.74, 6) is 0. The van der Waals surface area contributed by atoms with Crippen LogP contribution in [-0.2, 0) is 12.6 Å². The fraction of sp³-hybridized carbons (Fsp3) is 0.455. The van der Waals surface area contributed by atoms with Gasteiger partial charge in [-0.15, -0.1) is 0 Å². The van der Waals surface area contributed by atoms with Gasteiger partial charge in [0.15, 0.2) is 0 Å². The molecule has 0 spiro atoms. The Hall–Kier alpha value is -0.510. The molecule has 0 aliphatic rings. The number of alkyl halides is 4. The van der Waals surface area contributed by atoms with Gasteiger partial charge in [-0.05, 0) is 30.5 Å². The Morgan fingerprint density at radius 2 is 1.73 bits per heavy atom. The molecule has 1 rings (SSSR count). The molecule has 0 aliphatic heterocycles. The van der Waals surface area contributed by atoms with E-state index in [0.29, 0.717) is 4.83 Å². The van der Waals surface area contributed by atoms with Crippen molar-refractivity contribution in [1.29, 1.82) is 0 Å². The normalized spacial score (nSPS) is 13.9. The highest BCUT2D eigenvalue weighted by atomic mass is 79.9. The van der Waals surface area contributed by atoms with E-state index in [2.05, 4.69) is 15.9 Å². The van der Waals surface area contributed by atoms with Gasteiger partial charge in [0.05, 0.1) is 5.56 Å². The molecule has 0 heterocycles. The lowest BCUT2D eigenvalue weighted by molar-refractivity contribution is -0.137. The van der Waals surface area contributed by atoms with Crippen LogP contribution in [0, 0.1) is 0 Å². The van der Waals surface area contributed by atoms with Crippen LogP contribution >= 0.6 is 15.9 Å². The van der Waals surface area contributed by atoms with Gasteiger partial charge in [0.1, 0.15) is 0 Å². The maximum Gasteiger partial charge on any atom is 0.416 e. The zero-order valence-corrected chi connectivity index (χ0v) is 9.90. The van der Waals surface area contributed by atoms with E-state index in [9.17, 15) is 13.2 Å². The van der Waals surface area contributed by atoms with Gasteiger partial charge < -0.3 is 0 Å². The van der Waals surface area contributed by atoms with Crippen LogP contribution in [0.4, 0.5) is 13.2 Å². The van der Waals surface area contributed by atoms with Crippen LogP contribution in [0.2, 0.25) is 0 Å². The highest BCUT2D eigenvalue weighted by molar-refractivity contribution is 9.09. The molecule has 0 bridgehead atoms. The van der Waals surface area contributed by atoms with Gasteiger partial charge in [0.25, 0.3) is 0 Å². The van der Waals surface area contributed by atoms with Gasteiger partial charge in [0, 0.05) is 4.83 Å². The Balaban J connectivity index is 2.73. The van der Waals surface area contributed by atoms with Crippen molar-refractivity contribution < 1.29 is 13.2 Å². The first kappa shape index (κ1) is 12.6. The molecular weight excluding hydrogens is 269 g/mol. The third kappa shape index (κ3) is 3.86. The Labute approximate surface area is 95.6 Å². The number of benzene rings is 1. The van der Waals surface area contributed by atoms with Crippen LogP contribution in [0.25, 0.3) is 0 Å². The molecule has 15 heavy (non-hydrogen) atoms.